The van der Waals surface area contributed by atoms with Gasteiger partial charge in [0.25, 0.3) is 0 Å². The van der Waals surface area contributed by atoms with Crippen LogP contribution < -0.4 is 5.32 Å². The van der Waals surface area contributed by atoms with Gasteiger partial charge in [0.05, 0.1) is 5.92 Å². The molecule has 1 saturated heterocycles. The summed E-state index contributed by atoms with van der Waals surface area (Å²) in [6.07, 6.45) is 12.5. The van der Waals surface area contributed by atoms with Crippen LogP contribution in [-0.2, 0) is 52.5 Å². The molecule has 1 aliphatic rings. The predicted octanol–water partition coefficient (Wildman–Crippen LogP) is 5.80. The lowest BCUT2D eigenvalue weighted by atomic mass is 9.92. The van der Waals surface area contributed by atoms with E-state index in [1.54, 1.807) is 4.90 Å². The fraction of sp³-hybridized carbons (Fsp3) is 0.821. The molecule has 53 heavy (non-hydrogen) atoms. The smallest absolute Gasteiger partial charge is 0.303 e. The molecule has 14 heteroatoms. The average Bonchev–Trinajstić information content (AvgIpc) is 3.07. The third kappa shape index (κ3) is 21.6. The number of carbonyl (C=O) groups is 7. The number of carboxylic acids is 1. The van der Waals surface area contributed by atoms with Crippen LogP contribution >= 0.6 is 0 Å². The number of nitrogens with zero attached hydrogens (tertiary/aromatic N) is 1. The van der Waals surface area contributed by atoms with E-state index in [0.29, 0.717) is 32.4 Å². The molecule has 0 bridgehead atoms. The highest BCUT2D eigenvalue weighted by Gasteiger charge is 2.45. The molecule has 1 heterocycles. The van der Waals surface area contributed by atoms with Crippen LogP contribution in [0.1, 0.15) is 157 Å². The second-order valence-corrected chi connectivity index (χ2v) is 14.2. The molecule has 0 aromatic heterocycles. The highest BCUT2D eigenvalue weighted by Crippen LogP contribution is 2.26. The van der Waals surface area contributed by atoms with Gasteiger partial charge in [0.1, 0.15) is 12.6 Å². The number of carboxylic acid groups (broad SMARTS) is 1. The largest absolute Gasteiger partial charge is 0.481 e. The molecule has 1 unspecified atom stereocenters. The zero-order chi connectivity index (χ0) is 39.6. The highest BCUT2D eigenvalue weighted by molar-refractivity contribution is 5.89. The summed E-state index contributed by atoms with van der Waals surface area (Å²) in [7, 11) is 0. The van der Waals surface area contributed by atoms with Gasteiger partial charge in [-0.05, 0) is 32.6 Å². The second kappa shape index (κ2) is 27.8. The van der Waals surface area contributed by atoms with Gasteiger partial charge in [0.2, 0.25) is 11.8 Å². The number of esters is 4. The summed E-state index contributed by atoms with van der Waals surface area (Å²) in [5.74, 6) is -5.68. The number of hydrogen-bond donors (Lipinski definition) is 2. The molecule has 304 valence electrons. The fourth-order valence-electron chi connectivity index (χ4n) is 6.70. The summed E-state index contributed by atoms with van der Waals surface area (Å²) in [4.78, 5) is 89.1. The molecule has 2 N–H and O–H groups in total. The van der Waals surface area contributed by atoms with Gasteiger partial charge in [-0.2, -0.15) is 0 Å². The zero-order valence-electron chi connectivity index (χ0n) is 32.8. The van der Waals surface area contributed by atoms with E-state index < -0.39 is 72.6 Å². The van der Waals surface area contributed by atoms with E-state index in [1.165, 1.54) is 6.92 Å². The second-order valence-electron chi connectivity index (χ2n) is 14.2. The quantitative estimate of drug-likeness (QED) is 0.0768. The van der Waals surface area contributed by atoms with Gasteiger partial charge in [-0.1, -0.05) is 89.9 Å². The summed E-state index contributed by atoms with van der Waals surface area (Å²) in [5, 5.41) is 11.8. The Bertz CT molecular complexity index is 1150. The Morgan fingerprint density at radius 2 is 1.13 bits per heavy atom. The third-order valence-corrected chi connectivity index (χ3v) is 9.40. The van der Waals surface area contributed by atoms with Crippen LogP contribution in [0.25, 0.3) is 0 Å². The molecular weight excluding hydrogens is 688 g/mol. The van der Waals surface area contributed by atoms with E-state index in [0.717, 1.165) is 124 Å². The maximum atomic E-state index is 14.5. The average molecular weight is 755 g/mol. The molecule has 1 fully saturated rings. The molecule has 0 radical (unpaired) electrons. The molecule has 14 nitrogen and oxygen atoms in total. The first kappa shape index (κ1) is 47.3. The molecule has 1 rings (SSSR count). The fourth-order valence-corrected chi connectivity index (χ4v) is 6.70. The maximum Gasteiger partial charge on any atom is 0.303 e. The Hall–Kier alpha value is -3.71. The summed E-state index contributed by atoms with van der Waals surface area (Å²) in [6, 6.07) is -0.777. The molecular formula is C39H66N2O12. The molecule has 0 saturated carbocycles. The Balaban J connectivity index is 3.16. The molecule has 2 amide bonds. The summed E-state index contributed by atoms with van der Waals surface area (Å²) < 4.78 is 21.6. The van der Waals surface area contributed by atoms with Crippen LogP contribution in [0.15, 0.2) is 0 Å². The SMILES string of the molecule is CC(=O)OC[C@@H](OC(C)=O)[C@@H](OC(C)=O)[C@H](OC(C)=O)[C@@H](C)C(=O)N1CCCCCCCCCCC1C(=O)NCCCCCCCCCCCC(=O)O. The van der Waals surface area contributed by atoms with Crippen molar-refractivity contribution >= 4 is 41.7 Å². The van der Waals surface area contributed by atoms with Crippen molar-refractivity contribution in [1.82, 2.24) is 10.2 Å². The highest BCUT2D eigenvalue weighted by atomic mass is 16.6. The minimum Gasteiger partial charge on any atom is -0.481 e. The number of carbonyl (C=O) groups excluding carboxylic acids is 6. The van der Waals surface area contributed by atoms with Gasteiger partial charge in [0, 0.05) is 47.2 Å². The third-order valence-electron chi connectivity index (χ3n) is 9.40. The lowest BCUT2D eigenvalue weighted by Crippen LogP contribution is -2.56. The summed E-state index contributed by atoms with van der Waals surface area (Å²) >= 11 is 0. The van der Waals surface area contributed by atoms with E-state index in [-0.39, 0.29) is 12.3 Å². The number of aliphatic carboxylic acids is 1. The van der Waals surface area contributed by atoms with E-state index in [1.807, 2.05) is 0 Å². The number of amides is 2. The Labute approximate surface area is 315 Å². The zero-order valence-corrected chi connectivity index (χ0v) is 32.8. The van der Waals surface area contributed by atoms with Crippen molar-refractivity contribution in [2.24, 2.45) is 5.92 Å². The van der Waals surface area contributed by atoms with Gasteiger partial charge < -0.3 is 34.3 Å². The topological polar surface area (TPSA) is 192 Å². The lowest BCUT2D eigenvalue weighted by Gasteiger charge is -2.38. The molecule has 5 atom stereocenters. The van der Waals surface area contributed by atoms with Crippen LogP contribution in [0.4, 0.5) is 0 Å². The van der Waals surface area contributed by atoms with Crippen molar-refractivity contribution in [3.05, 3.63) is 0 Å². The summed E-state index contributed by atoms with van der Waals surface area (Å²) in [6.45, 7) is 6.29. The maximum absolute atomic E-state index is 14.5. The van der Waals surface area contributed by atoms with Crippen LogP contribution in [0.2, 0.25) is 0 Å². The minimum atomic E-state index is -1.50. The van der Waals surface area contributed by atoms with Gasteiger partial charge >= 0.3 is 29.8 Å². The van der Waals surface area contributed by atoms with Crippen molar-refractivity contribution in [1.29, 1.82) is 0 Å². The normalized spacial score (nSPS) is 17.8. The number of nitrogens with one attached hydrogen (secondary N) is 1. The standard InChI is InChI=1S/C39H66N2O12/c1-28(36(52-31(4)44)37(53-32(5)45)34(51-30(3)43)27-50-29(2)42)39(49)41-26-22-18-14-10-8-11-15-19-23-33(41)38(48)40-25-21-17-13-9-6-7-12-16-20-24-35(46)47/h28,33-34,36-37H,6-27H2,1-5H3,(H,40,48)(H,46,47)/t28-,33?,34-,36-,37-/m1/s1. The van der Waals surface area contributed by atoms with Gasteiger partial charge in [-0.15, -0.1) is 0 Å². The van der Waals surface area contributed by atoms with E-state index >= 15 is 0 Å². The molecule has 0 aromatic carbocycles. The monoisotopic (exact) mass is 754 g/mol. The first-order valence-corrected chi connectivity index (χ1v) is 19.7. The van der Waals surface area contributed by atoms with E-state index in [9.17, 15) is 33.6 Å². The van der Waals surface area contributed by atoms with Crippen molar-refractivity contribution in [3.63, 3.8) is 0 Å². The van der Waals surface area contributed by atoms with Crippen molar-refractivity contribution in [3.8, 4) is 0 Å². The molecule has 0 spiro atoms. The summed E-state index contributed by atoms with van der Waals surface area (Å²) in [5.41, 5.74) is 0. The van der Waals surface area contributed by atoms with E-state index in [4.69, 9.17) is 24.1 Å². The van der Waals surface area contributed by atoms with E-state index in [2.05, 4.69) is 5.32 Å². The molecule has 0 aliphatic carbocycles. The first-order valence-electron chi connectivity index (χ1n) is 19.7. The Kier molecular flexibility index (Phi) is 24.8. The number of rotatable bonds is 22. The van der Waals surface area contributed by atoms with Gasteiger partial charge in [-0.3, -0.25) is 33.6 Å². The number of ether oxygens (including phenoxy) is 4. The van der Waals surface area contributed by atoms with Gasteiger partial charge in [-0.25, -0.2) is 0 Å². The van der Waals surface area contributed by atoms with Crippen LogP contribution in [0.3, 0.4) is 0 Å². The lowest BCUT2D eigenvalue weighted by molar-refractivity contribution is -0.195. The Morgan fingerprint density at radius 1 is 0.642 bits per heavy atom. The van der Waals surface area contributed by atoms with Gasteiger partial charge in [0.15, 0.2) is 18.3 Å². The number of unbranched alkanes of at least 4 members (excludes halogenated alkanes) is 8. The molecule has 1 aliphatic heterocycles. The Morgan fingerprint density at radius 3 is 1.66 bits per heavy atom. The van der Waals surface area contributed by atoms with Crippen molar-refractivity contribution in [2.45, 2.75) is 181 Å². The van der Waals surface area contributed by atoms with Crippen molar-refractivity contribution < 1.29 is 57.6 Å². The van der Waals surface area contributed by atoms with Crippen LogP contribution in [0, 0.1) is 5.92 Å². The first-order chi connectivity index (χ1) is 25.2. The number of hydrogen-bond acceptors (Lipinski definition) is 11. The van der Waals surface area contributed by atoms with Crippen LogP contribution in [-0.4, -0.2) is 95.7 Å². The van der Waals surface area contributed by atoms with Crippen molar-refractivity contribution in [2.75, 3.05) is 19.7 Å². The predicted molar refractivity (Wildman–Crippen MR) is 196 cm³/mol. The molecule has 0 aromatic rings. The van der Waals surface area contributed by atoms with Crippen LogP contribution in [0.5, 0.6) is 0 Å². The minimum absolute atomic E-state index is 0.222.